The van der Waals surface area contributed by atoms with Gasteiger partial charge in [0.1, 0.15) is 6.04 Å². The molecule has 0 spiro atoms. The Morgan fingerprint density at radius 2 is 1.95 bits per heavy atom. The van der Waals surface area contributed by atoms with Crippen LogP contribution in [0.5, 0.6) is 0 Å². The molecule has 104 valence electrons. The van der Waals surface area contributed by atoms with E-state index in [1.807, 2.05) is 24.0 Å². The summed E-state index contributed by atoms with van der Waals surface area (Å²) in [6, 6.07) is 4.83. The molecule has 1 unspecified atom stereocenters. The largest absolute Gasteiger partial charge is 0.480 e. The minimum Gasteiger partial charge on any atom is -0.480 e. The molecule has 4 nitrogen and oxygen atoms in total. The van der Waals surface area contributed by atoms with E-state index in [0.717, 1.165) is 37.3 Å². The Morgan fingerprint density at radius 1 is 1.32 bits per heavy atom. The molecule has 0 bridgehead atoms. The Balaban J connectivity index is 2.27. The summed E-state index contributed by atoms with van der Waals surface area (Å²) in [5, 5.41) is 10.2. The highest BCUT2D eigenvalue weighted by atomic mass is 35.5. The van der Waals surface area contributed by atoms with Crippen LogP contribution in [0.4, 0.5) is 0 Å². The van der Waals surface area contributed by atoms with Crippen LogP contribution in [0.3, 0.4) is 0 Å². The molecular weight excluding hydrogens is 264 g/mol. The maximum absolute atomic E-state index is 11.6. The van der Waals surface area contributed by atoms with Crippen molar-refractivity contribution in [2.24, 2.45) is 0 Å². The van der Waals surface area contributed by atoms with Crippen LogP contribution < -0.4 is 0 Å². The van der Waals surface area contributed by atoms with Crippen LogP contribution >= 0.6 is 11.6 Å². The normalized spacial score (nSPS) is 19.3. The SMILES string of the molecule is Cc1cc(Cl)ccc1C(C(=O)O)N1CCN(C)CC1. The zero-order chi connectivity index (χ0) is 14.0. The van der Waals surface area contributed by atoms with E-state index < -0.39 is 12.0 Å². The number of carboxylic acid groups (broad SMARTS) is 1. The molecule has 1 heterocycles. The standard InChI is InChI=1S/C14H19ClN2O2/c1-10-9-11(15)3-4-12(10)13(14(18)19)17-7-5-16(2)6-8-17/h3-4,9,13H,5-8H2,1-2H3,(H,18,19). The molecular formula is C14H19ClN2O2. The van der Waals surface area contributed by atoms with Crippen molar-refractivity contribution in [3.05, 3.63) is 34.3 Å². The van der Waals surface area contributed by atoms with Gasteiger partial charge in [-0.1, -0.05) is 17.7 Å². The number of hydrogen-bond donors (Lipinski definition) is 1. The zero-order valence-electron chi connectivity index (χ0n) is 11.3. The van der Waals surface area contributed by atoms with Crippen molar-refractivity contribution in [3.8, 4) is 0 Å². The fourth-order valence-electron chi connectivity index (χ4n) is 2.51. The van der Waals surface area contributed by atoms with Crippen molar-refractivity contribution in [2.75, 3.05) is 33.2 Å². The topological polar surface area (TPSA) is 43.8 Å². The van der Waals surface area contributed by atoms with Crippen molar-refractivity contribution in [1.82, 2.24) is 9.80 Å². The van der Waals surface area contributed by atoms with Gasteiger partial charge in [0.25, 0.3) is 0 Å². The third kappa shape index (κ3) is 3.26. The number of carbonyl (C=O) groups is 1. The average Bonchev–Trinajstić information content (AvgIpc) is 2.34. The highest BCUT2D eigenvalue weighted by Crippen LogP contribution is 2.27. The van der Waals surface area contributed by atoms with Gasteiger partial charge in [-0.05, 0) is 37.2 Å². The molecule has 1 aliphatic rings. The lowest BCUT2D eigenvalue weighted by molar-refractivity contribution is -0.144. The number of likely N-dealkylation sites (N-methyl/N-ethyl adjacent to an activating group) is 1. The van der Waals surface area contributed by atoms with E-state index in [9.17, 15) is 9.90 Å². The smallest absolute Gasteiger partial charge is 0.325 e. The third-order valence-corrected chi connectivity index (χ3v) is 3.90. The molecule has 1 saturated heterocycles. The van der Waals surface area contributed by atoms with Crippen molar-refractivity contribution < 1.29 is 9.90 Å². The maximum atomic E-state index is 11.6. The molecule has 19 heavy (non-hydrogen) atoms. The Hall–Kier alpha value is -1.10. The lowest BCUT2D eigenvalue weighted by atomic mass is 9.99. The second kappa shape index (κ2) is 5.90. The molecule has 0 amide bonds. The van der Waals surface area contributed by atoms with Gasteiger partial charge in [0, 0.05) is 31.2 Å². The fourth-order valence-corrected chi connectivity index (χ4v) is 2.74. The lowest BCUT2D eigenvalue weighted by Crippen LogP contribution is -2.47. The minimum absolute atomic E-state index is 0.578. The van der Waals surface area contributed by atoms with E-state index in [2.05, 4.69) is 11.9 Å². The number of rotatable bonds is 3. The zero-order valence-corrected chi connectivity index (χ0v) is 12.0. The van der Waals surface area contributed by atoms with Crippen LogP contribution in [0.1, 0.15) is 17.2 Å². The third-order valence-electron chi connectivity index (χ3n) is 3.66. The molecule has 1 aliphatic heterocycles. The maximum Gasteiger partial charge on any atom is 0.325 e. The summed E-state index contributed by atoms with van der Waals surface area (Å²) in [6.45, 7) is 5.26. The first kappa shape index (κ1) is 14.3. The predicted octanol–water partition coefficient (Wildman–Crippen LogP) is 2.02. The molecule has 1 aromatic carbocycles. The van der Waals surface area contributed by atoms with Gasteiger partial charge >= 0.3 is 5.97 Å². The van der Waals surface area contributed by atoms with Crippen molar-refractivity contribution >= 4 is 17.6 Å². The van der Waals surface area contributed by atoms with Gasteiger partial charge < -0.3 is 10.0 Å². The predicted molar refractivity (Wildman–Crippen MR) is 75.6 cm³/mol. The first-order valence-electron chi connectivity index (χ1n) is 6.40. The van der Waals surface area contributed by atoms with Crippen LogP contribution in [0.15, 0.2) is 18.2 Å². The van der Waals surface area contributed by atoms with E-state index in [1.165, 1.54) is 0 Å². The minimum atomic E-state index is -0.796. The van der Waals surface area contributed by atoms with Crippen LogP contribution in [0.25, 0.3) is 0 Å². The Morgan fingerprint density at radius 3 is 2.47 bits per heavy atom. The van der Waals surface area contributed by atoms with Crippen molar-refractivity contribution in [1.29, 1.82) is 0 Å². The van der Waals surface area contributed by atoms with Crippen LogP contribution in [-0.2, 0) is 4.79 Å². The molecule has 1 fully saturated rings. The summed E-state index contributed by atoms with van der Waals surface area (Å²) in [4.78, 5) is 15.9. The number of halogens is 1. The van der Waals surface area contributed by atoms with Gasteiger partial charge in [0.15, 0.2) is 0 Å². The highest BCUT2D eigenvalue weighted by Gasteiger charge is 2.30. The summed E-state index contributed by atoms with van der Waals surface area (Å²) >= 11 is 5.94. The molecule has 5 heteroatoms. The van der Waals surface area contributed by atoms with Gasteiger partial charge in [-0.2, -0.15) is 0 Å². The monoisotopic (exact) mass is 282 g/mol. The van der Waals surface area contributed by atoms with E-state index in [1.54, 1.807) is 6.07 Å². The van der Waals surface area contributed by atoms with Crippen LogP contribution in [0, 0.1) is 6.92 Å². The van der Waals surface area contributed by atoms with Gasteiger partial charge in [-0.3, -0.25) is 9.69 Å². The molecule has 0 aromatic heterocycles. The first-order chi connectivity index (χ1) is 8.99. The number of aryl methyl sites for hydroxylation is 1. The van der Waals surface area contributed by atoms with Crippen molar-refractivity contribution in [3.63, 3.8) is 0 Å². The molecule has 1 N–H and O–H groups in total. The van der Waals surface area contributed by atoms with Gasteiger partial charge in [-0.15, -0.1) is 0 Å². The van der Waals surface area contributed by atoms with E-state index in [4.69, 9.17) is 11.6 Å². The van der Waals surface area contributed by atoms with E-state index in [-0.39, 0.29) is 0 Å². The number of carboxylic acids is 1. The van der Waals surface area contributed by atoms with E-state index in [0.29, 0.717) is 5.02 Å². The highest BCUT2D eigenvalue weighted by molar-refractivity contribution is 6.30. The van der Waals surface area contributed by atoms with Gasteiger partial charge in [-0.25, -0.2) is 0 Å². The number of nitrogens with zero attached hydrogens (tertiary/aromatic N) is 2. The molecule has 0 aliphatic carbocycles. The Bertz CT molecular complexity index is 471. The first-order valence-corrected chi connectivity index (χ1v) is 6.78. The van der Waals surface area contributed by atoms with Crippen LogP contribution in [0.2, 0.25) is 5.02 Å². The van der Waals surface area contributed by atoms with Gasteiger partial charge in [0.05, 0.1) is 0 Å². The van der Waals surface area contributed by atoms with E-state index >= 15 is 0 Å². The number of hydrogen-bond acceptors (Lipinski definition) is 3. The second-order valence-corrected chi connectivity index (χ2v) is 5.52. The summed E-state index contributed by atoms with van der Waals surface area (Å²) < 4.78 is 0. The second-order valence-electron chi connectivity index (χ2n) is 5.08. The summed E-state index contributed by atoms with van der Waals surface area (Å²) in [5.41, 5.74) is 1.76. The number of benzene rings is 1. The molecule has 1 aromatic rings. The Kier molecular flexibility index (Phi) is 4.45. The Labute approximate surface area is 118 Å². The number of piperazine rings is 1. The quantitative estimate of drug-likeness (QED) is 0.921. The molecule has 0 saturated carbocycles. The summed E-state index contributed by atoms with van der Waals surface area (Å²) in [5.74, 6) is -0.796. The van der Waals surface area contributed by atoms with Crippen molar-refractivity contribution in [2.45, 2.75) is 13.0 Å². The summed E-state index contributed by atoms with van der Waals surface area (Å²) in [7, 11) is 2.06. The average molecular weight is 283 g/mol. The lowest BCUT2D eigenvalue weighted by Gasteiger charge is -2.36. The number of aliphatic carboxylic acids is 1. The molecule has 2 rings (SSSR count). The van der Waals surface area contributed by atoms with Crippen LogP contribution in [-0.4, -0.2) is 54.1 Å². The molecule has 0 radical (unpaired) electrons. The van der Waals surface area contributed by atoms with Gasteiger partial charge in [0.2, 0.25) is 0 Å². The fraction of sp³-hybridized carbons (Fsp3) is 0.500. The molecule has 1 atom stereocenters. The summed E-state index contributed by atoms with van der Waals surface area (Å²) in [6.07, 6.45) is 0.